The van der Waals surface area contributed by atoms with Crippen molar-refractivity contribution in [3.8, 4) is 0 Å². The summed E-state index contributed by atoms with van der Waals surface area (Å²) in [6, 6.07) is 6.95. The maximum atomic E-state index is 11.1. The first-order valence-electron chi connectivity index (χ1n) is 6.72. The van der Waals surface area contributed by atoms with Crippen LogP contribution in [0.15, 0.2) is 36.8 Å². The highest BCUT2D eigenvalue weighted by molar-refractivity contribution is 5.63. The van der Waals surface area contributed by atoms with E-state index in [1.54, 1.807) is 18.5 Å². The Morgan fingerprint density at radius 1 is 1.30 bits per heavy atom. The van der Waals surface area contributed by atoms with E-state index >= 15 is 0 Å². The van der Waals surface area contributed by atoms with Crippen molar-refractivity contribution in [2.45, 2.75) is 18.8 Å². The molecule has 1 fully saturated rings. The van der Waals surface area contributed by atoms with Crippen LogP contribution in [-0.2, 0) is 0 Å². The van der Waals surface area contributed by atoms with Gasteiger partial charge in [0.05, 0.1) is 11.3 Å². The minimum absolute atomic E-state index is 0.187. The molecule has 0 amide bonds. The van der Waals surface area contributed by atoms with Gasteiger partial charge in [0.1, 0.15) is 5.69 Å². The van der Waals surface area contributed by atoms with E-state index in [0.717, 1.165) is 37.3 Å². The number of aromatic amines is 1. The Labute approximate surface area is 116 Å². The van der Waals surface area contributed by atoms with Gasteiger partial charge in [-0.2, -0.15) is 0 Å². The van der Waals surface area contributed by atoms with Gasteiger partial charge in [0.25, 0.3) is 5.69 Å². The first-order chi connectivity index (χ1) is 9.75. The van der Waals surface area contributed by atoms with Crippen molar-refractivity contribution in [3.63, 3.8) is 0 Å². The number of nitro groups is 1. The fourth-order valence-electron chi connectivity index (χ4n) is 2.81. The zero-order valence-electron chi connectivity index (χ0n) is 11.0. The van der Waals surface area contributed by atoms with Crippen molar-refractivity contribution in [2.75, 3.05) is 18.0 Å². The second-order valence-electron chi connectivity index (χ2n) is 5.01. The zero-order valence-corrected chi connectivity index (χ0v) is 11.0. The van der Waals surface area contributed by atoms with E-state index in [1.807, 2.05) is 18.3 Å². The summed E-state index contributed by atoms with van der Waals surface area (Å²) in [5.74, 6) is 0.469. The van der Waals surface area contributed by atoms with Crippen molar-refractivity contribution in [1.29, 1.82) is 0 Å². The number of imidazole rings is 1. The number of benzene rings is 1. The van der Waals surface area contributed by atoms with Gasteiger partial charge in [-0.3, -0.25) is 10.1 Å². The lowest BCUT2D eigenvalue weighted by Crippen LogP contribution is -2.33. The molecule has 1 aromatic carbocycles. The fourth-order valence-corrected chi connectivity index (χ4v) is 2.81. The minimum atomic E-state index is -0.309. The molecule has 2 heterocycles. The smallest absolute Gasteiger partial charge is 0.292 e. The molecular weight excluding hydrogens is 256 g/mol. The number of piperidine rings is 1. The van der Waals surface area contributed by atoms with Crippen molar-refractivity contribution in [3.05, 3.63) is 52.6 Å². The van der Waals surface area contributed by atoms with E-state index in [2.05, 4.69) is 14.9 Å². The highest BCUT2D eigenvalue weighted by Crippen LogP contribution is 2.33. The number of nitrogens with zero attached hydrogens (tertiary/aromatic N) is 3. The summed E-state index contributed by atoms with van der Waals surface area (Å²) in [7, 11) is 0. The molecular formula is C14H16N4O2. The largest absolute Gasteiger partial charge is 0.366 e. The van der Waals surface area contributed by atoms with Gasteiger partial charge in [-0.15, -0.1) is 0 Å². The van der Waals surface area contributed by atoms with Crippen LogP contribution in [0.4, 0.5) is 11.4 Å². The molecule has 0 bridgehead atoms. The molecule has 2 aromatic rings. The maximum absolute atomic E-state index is 11.1. The average Bonchev–Trinajstić information content (AvgIpc) is 3.02. The van der Waals surface area contributed by atoms with Crippen LogP contribution in [0.2, 0.25) is 0 Å². The summed E-state index contributed by atoms with van der Waals surface area (Å²) in [6.45, 7) is 1.66. The molecule has 1 N–H and O–H groups in total. The standard InChI is InChI=1S/C14H16N4O2/c19-18(20)14-4-2-1-3-13(14)17-7-5-11(6-8-17)12-9-15-10-16-12/h1-4,9-11H,5-8H2,(H,15,16). The Morgan fingerprint density at radius 3 is 2.70 bits per heavy atom. The summed E-state index contributed by atoms with van der Waals surface area (Å²) >= 11 is 0. The molecule has 3 rings (SSSR count). The third-order valence-corrected chi connectivity index (χ3v) is 3.87. The van der Waals surface area contributed by atoms with Gasteiger partial charge in [-0.1, -0.05) is 12.1 Å². The Hall–Kier alpha value is -2.37. The number of hydrogen-bond donors (Lipinski definition) is 1. The SMILES string of the molecule is O=[N+]([O-])c1ccccc1N1CCC(c2cnc[nH]2)CC1. The van der Waals surface area contributed by atoms with Crippen molar-refractivity contribution in [1.82, 2.24) is 9.97 Å². The Bertz CT molecular complexity index is 589. The summed E-state index contributed by atoms with van der Waals surface area (Å²) in [4.78, 5) is 20.1. The highest BCUT2D eigenvalue weighted by Gasteiger charge is 2.25. The number of nitrogens with one attached hydrogen (secondary N) is 1. The number of rotatable bonds is 3. The molecule has 0 radical (unpaired) electrons. The first-order valence-corrected chi connectivity index (χ1v) is 6.72. The summed E-state index contributed by atoms with van der Waals surface area (Å²) in [5.41, 5.74) is 2.07. The Kier molecular flexibility index (Phi) is 3.37. The predicted octanol–water partition coefficient (Wildman–Crippen LogP) is 2.70. The van der Waals surface area contributed by atoms with E-state index in [1.165, 1.54) is 0 Å². The van der Waals surface area contributed by atoms with Crippen LogP contribution in [0, 0.1) is 10.1 Å². The predicted molar refractivity (Wildman–Crippen MR) is 75.9 cm³/mol. The Morgan fingerprint density at radius 2 is 2.05 bits per heavy atom. The molecule has 1 saturated heterocycles. The molecule has 104 valence electrons. The number of aromatic nitrogens is 2. The molecule has 6 nitrogen and oxygen atoms in total. The van der Waals surface area contributed by atoms with Crippen molar-refractivity contribution >= 4 is 11.4 Å². The average molecular weight is 272 g/mol. The first kappa shape index (κ1) is 12.7. The molecule has 20 heavy (non-hydrogen) atoms. The third-order valence-electron chi connectivity index (χ3n) is 3.87. The molecule has 0 saturated carbocycles. The van der Waals surface area contributed by atoms with Gasteiger partial charge < -0.3 is 9.88 Å². The van der Waals surface area contributed by atoms with Crippen LogP contribution < -0.4 is 4.90 Å². The lowest BCUT2D eigenvalue weighted by atomic mass is 9.93. The molecule has 0 spiro atoms. The molecule has 0 atom stereocenters. The van der Waals surface area contributed by atoms with Crippen molar-refractivity contribution < 1.29 is 4.92 Å². The second-order valence-corrected chi connectivity index (χ2v) is 5.01. The number of nitro benzene ring substituents is 1. The minimum Gasteiger partial charge on any atom is -0.366 e. The van der Waals surface area contributed by atoms with Crippen LogP contribution in [0.5, 0.6) is 0 Å². The molecule has 6 heteroatoms. The van der Waals surface area contributed by atoms with E-state index in [-0.39, 0.29) is 10.6 Å². The number of hydrogen-bond acceptors (Lipinski definition) is 4. The third kappa shape index (κ3) is 2.36. The van der Waals surface area contributed by atoms with Gasteiger partial charge in [0.15, 0.2) is 0 Å². The number of H-pyrrole nitrogens is 1. The topological polar surface area (TPSA) is 75.1 Å². The van der Waals surface area contributed by atoms with Crippen LogP contribution in [0.1, 0.15) is 24.5 Å². The van der Waals surface area contributed by atoms with Gasteiger partial charge in [0, 0.05) is 37.0 Å². The summed E-state index contributed by atoms with van der Waals surface area (Å²) in [6.07, 6.45) is 5.53. The lowest BCUT2D eigenvalue weighted by Gasteiger charge is -2.32. The molecule has 1 aliphatic rings. The zero-order chi connectivity index (χ0) is 13.9. The highest BCUT2D eigenvalue weighted by atomic mass is 16.6. The molecule has 1 aliphatic heterocycles. The Balaban J connectivity index is 1.74. The van der Waals surface area contributed by atoms with Crippen LogP contribution in [-0.4, -0.2) is 28.0 Å². The second kappa shape index (κ2) is 5.32. The monoisotopic (exact) mass is 272 g/mol. The lowest BCUT2D eigenvalue weighted by molar-refractivity contribution is -0.384. The van der Waals surface area contributed by atoms with E-state index in [0.29, 0.717) is 5.92 Å². The normalized spacial score (nSPS) is 16.3. The number of anilines is 1. The van der Waals surface area contributed by atoms with Crippen LogP contribution >= 0.6 is 0 Å². The van der Waals surface area contributed by atoms with E-state index < -0.39 is 0 Å². The van der Waals surface area contributed by atoms with Crippen LogP contribution in [0.3, 0.4) is 0 Å². The summed E-state index contributed by atoms with van der Waals surface area (Å²) in [5, 5.41) is 11.1. The molecule has 0 aliphatic carbocycles. The quantitative estimate of drug-likeness (QED) is 0.688. The van der Waals surface area contributed by atoms with Gasteiger partial charge in [-0.05, 0) is 18.9 Å². The molecule has 1 aromatic heterocycles. The van der Waals surface area contributed by atoms with Crippen LogP contribution in [0.25, 0.3) is 0 Å². The number of para-hydroxylation sites is 2. The van der Waals surface area contributed by atoms with Gasteiger partial charge in [-0.25, -0.2) is 4.98 Å². The summed E-state index contributed by atoms with van der Waals surface area (Å²) < 4.78 is 0. The fraction of sp³-hybridized carbons (Fsp3) is 0.357. The van der Waals surface area contributed by atoms with Gasteiger partial charge >= 0.3 is 0 Å². The molecule has 0 unspecified atom stereocenters. The van der Waals surface area contributed by atoms with Gasteiger partial charge in [0.2, 0.25) is 0 Å². The maximum Gasteiger partial charge on any atom is 0.292 e. The van der Waals surface area contributed by atoms with E-state index in [9.17, 15) is 10.1 Å². The van der Waals surface area contributed by atoms with Crippen molar-refractivity contribution in [2.24, 2.45) is 0 Å². The van der Waals surface area contributed by atoms with E-state index in [4.69, 9.17) is 0 Å².